The first kappa shape index (κ1) is 26.3. The summed E-state index contributed by atoms with van der Waals surface area (Å²) in [5.74, 6) is 1.03. The third kappa shape index (κ3) is 6.04. The molecule has 0 radical (unpaired) electrons. The Morgan fingerprint density at radius 1 is 1.10 bits per heavy atom. The van der Waals surface area contributed by atoms with Crippen LogP contribution in [0.3, 0.4) is 0 Å². The van der Waals surface area contributed by atoms with Gasteiger partial charge in [-0.05, 0) is 73.2 Å². The number of hydrogen-bond donors (Lipinski definition) is 1. The van der Waals surface area contributed by atoms with E-state index in [9.17, 15) is 18.0 Å². The number of rotatable bonds is 5. The van der Waals surface area contributed by atoms with E-state index in [0.29, 0.717) is 49.1 Å². The zero-order valence-electron chi connectivity index (χ0n) is 21.2. The lowest BCUT2D eigenvalue weighted by Gasteiger charge is -2.35. The normalized spacial score (nSPS) is 19.5. The standard InChI is InChI=1S/C29H26F3N5O2/c1-19-16-20(17-33)2-11-25-27(19)39-28(35-25)21-3-7-23(8-4-21)34-26(38)18-36-12-14-37(15-13-36)24-9-5-22(6-10-24)29(30,31)32/h2-11,16,25H,12-15,18H2,1H3,(H,34,38). The molecule has 1 unspecified atom stereocenters. The van der Waals surface area contributed by atoms with Crippen LogP contribution < -0.4 is 10.2 Å². The van der Waals surface area contributed by atoms with Crippen molar-refractivity contribution >= 4 is 23.2 Å². The highest BCUT2D eigenvalue weighted by Crippen LogP contribution is 2.31. The number of halogens is 3. The van der Waals surface area contributed by atoms with Gasteiger partial charge >= 0.3 is 6.18 Å². The summed E-state index contributed by atoms with van der Waals surface area (Å²) in [5.41, 5.74) is 2.91. The van der Waals surface area contributed by atoms with Crippen molar-refractivity contribution in [3.05, 3.63) is 94.8 Å². The maximum absolute atomic E-state index is 12.8. The quantitative estimate of drug-likeness (QED) is 0.591. The molecule has 39 heavy (non-hydrogen) atoms. The van der Waals surface area contributed by atoms with E-state index in [1.54, 1.807) is 24.3 Å². The van der Waals surface area contributed by atoms with Gasteiger partial charge in [-0.15, -0.1) is 0 Å². The minimum atomic E-state index is -4.35. The number of allylic oxidation sites excluding steroid dienone is 4. The molecule has 3 aliphatic rings. The molecule has 1 aliphatic carbocycles. The Morgan fingerprint density at radius 2 is 1.79 bits per heavy atom. The predicted molar refractivity (Wildman–Crippen MR) is 142 cm³/mol. The van der Waals surface area contributed by atoms with Crippen LogP contribution in [0.25, 0.3) is 0 Å². The summed E-state index contributed by atoms with van der Waals surface area (Å²) in [6.45, 7) is 4.60. The zero-order valence-corrected chi connectivity index (χ0v) is 21.2. The maximum atomic E-state index is 12.8. The van der Waals surface area contributed by atoms with Gasteiger partial charge in [0.25, 0.3) is 0 Å². The van der Waals surface area contributed by atoms with Crippen LogP contribution in [-0.2, 0) is 15.7 Å². The molecule has 1 amide bonds. The van der Waals surface area contributed by atoms with Crippen LogP contribution >= 0.6 is 0 Å². The molecule has 2 aromatic rings. The van der Waals surface area contributed by atoms with Gasteiger partial charge in [0, 0.05) is 43.1 Å². The number of nitriles is 1. The van der Waals surface area contributed by atoms with E-state index in [1.165, 1.54) is 12.1 Å². The molecule has 2 heterocycles. The summed E-state index contributed by atoms with van der Waals surface area (Å²) in [5, 5.41) is 12.1. The summed E-state index contributed by atoms with van der Waals surface area (Å²) in [4.78, 5) is 21.3. The number of nitrogens with one attached hydrogen (secondary N) is 1. The van der Waals surface area contributed by atoms with Gasteiger partial charge in [-0.3, -0.25) is 9.69 Å². The van der Waals surface area contributed by atoms with E-state index in [2.05, 4.69) is 16.4 Å². The molecule has 1 atom stereocenters. The van der Waals surface area contributed by atoms with Gasteiger partial charge in [-0.25, -0.2) is 4.99 Å². The van der Waals surface area contributed by atoms with Crippen molar-refractivity contribution in [1.29, 1.82) is 5.26 Å². The van der Waals surface area contributed by atoms with Gasteiger partial charge in [-0.1, -0.05) is 6.08 Å². The van der Waals surface area contributed by atoms with Gasteiger partial charge in [0.2, 0.25) is 11.8 Å². The van der Waals surface area contributed by atoms with Crippen LogP contribution in [0, 0.1) is 11.3 Å². The number of hydrogen-bond acceptors (Lipinski definition) is 6. The lowest BCUT2D eigenvalue weighted by molar-refractivity contribution is -0.137. The van der Waals surface area contributed by atoms with E-state index in [4.69, 9.17) is 10.00 Å². The van der Waals surface area contributed by atoms with E-state index in [-0.39, 0.29) is 18.5 Å². The molecule has 0 saturated carbocycles. The van der Waals surface area contributed by atoms with Crippen molar-refractivity contribution in [3.63, 3.8) is 0 Å². The molecule has 0 aromatic heterocycles. The second-order valence-corrected chi connectivity index (χ2v) is 9.53. The zero-order chi connectivity index (χ0) is 27.6. The number of nitrogens with zero attached hydrogens (tertiary/aromatic N) is 4. The van der Waals surface area contributed by atoms with E-state index in [0.717, 1.165) is 29.0 Å². The van der Waals surface area contributed by atoms with Crippen molar-refractivity contribution in [2.75, 3.05) is 42.9 Å². The Kier molecular flexibility index (Phi) is 7.26. The molecule has 2 aliphatic heterocycles. The minimum Gasteiger partial charge on any atom is -0.440 e. The minimum absolute atomic E-state index is 0.145. The van der Waals surface area contributed by atoms with Crippen molar-refractivity contribution < 1.29 is 22.7 Å². The number of anilines is 2. The number of alkyl halides is 3. The van der Waals surface area contributed by atoms with E-state index < -0.39 is 11.7 Å². The molecule has 7 nitrogen and oxygen atoms in total. The molecule has 5 rings (SSSR count). The van der Waals surface area contributed by atoms with Crippen LogP contribution in [0.4, 0.5) is 24.5 Å². The smallest absolute Gasteiger partial charge is 0.416 e. The van der Waals surface area contributed by atoms with Crippen LogP contribution in [-0.4, -0.2) is 55.5 Å². The molecule has 1 N–H and O–H groups in total. The van der Waals surface area contributed by atoms with Gasteiger partial charge in [0.05, 0.1) is 23.8 Å². The van der Waals surface area contributed by atoms with Gasteiger partial charge in [0.1, 0.15) is 11.8 Å². The Labute approximate surface area is 224 Å². The highest BCUT2D eigenvalue weighted by atomic mass is 19.4. The fourth-order valence-corrected chi connectivity index (χ4v) is 4.70. The molecule has 0 spiro atoms. The molecular weight excluding hydrogens is 507 g/mol. The second kappa shape index (κ2) is 10.8. The summed E-state index contributed by atoms with van der Waals surface area (Å²) in [7, 11) is 0. The highest BCUT2D eigenvalue weighted by Gasteiger charge is 2.30. The largest absolute Gasteiger partial charge is 0.440 e. The summed E-state index contributed by atoms with van der Waals surface area (Å²) in [6.07, 6.45) is 1.01. The first-order valence-electron chi connectivity index (χ1n) is 12.5. The van der Waals surface area contributed by atoms with Crippen molar-refractivity contribution in [3.8, 4) is 6.07 Å². The summed E-state index contributed by atoms with van der Waals surface area (Å²) >= 11 is 0. The third-order valence-corrected chi connectivity index (χ3v) is 6.79. The van der Waals surface area contributed by atoms with Gasteiger partial charge in [0.15, 0.2) is 0 Å². The molecule has 2 aromatic carbocycles. The SMILES string of the molecule is CC1=C2OC(c3ccc(NC(=O)CN4CCN(c5ccc(C(F)(F)F)cc5)CC4)cc3)=NC2C=CC(C#N)=C1. The third-order valence-electron chi connectivity index (χ3n) is 6.79. The lowest BCUT2D eigenvalue weighted by Crippen LogP contribution is -2.48. The Hall–Kier alpha value is -4.36. The molecule has 1 fully saturated rings. The monoisotopic (exact) mass is 533 g/mol. The van der Waals surface area contributed by atoms with Crippen LogP contribution in [0.1, 0.15) is 18.1 Å². The summed E-state index contributed by atoms with van der Waals surface area (Å²) < 4.78 is 44.4. The molecule has 10 heteroatoms. The number of benzene rings is 2. The van der Waals surface area contributed by atoms with Crippen LogP contribution in [0.15, 0.2) is 88.7 Å². The number of carbonyl (C=O) groups is 1. The van der Waals surface area contributed by atoms with Crippen LogP contribution in [0.5, 0.6) is 0 Å². The molecule has 200 valence electrons. The van der Waals surface area contributed by atoms with E-state index >= 15 is 0 Å². The average Bonchev–Trinajstić information content (AvgIpc) is 3.29. The number of carbonyl (C=O) groups excluding carboxylic acids is 1. The van der Waals surface area contributed by atoms with Gasteiger partial charge in [-0.2, -0.15) is 18.4 Å². The summed E-state index contributed by atoms with van der Waals surface area (Å²) in [6, 6.07) is 14.3. The Bertz CT molecular complexity index is 1410. The Balaban J connectivity index is 1.12. The number of aliphatic imine (C=N–C) groups is 1. The predicted octanol–water partition coefficient (Wildman–Crippen LogP) is 4.91. The van der Waals surface area contributed by atoms with Crippen molar-refractivity contribution in [2.45, 2.75) is 19.1 Å². The van der Waals surface area contributed by atoms with Gasteiger partial charge < -0.3 is 15.0 Å². The molecular formula is C29H26F3N5O2. The Morgan fingerprint density at radius 3 is 2.44 bits per heavy atom. The number of amides is 1. The number of fused-ring (bicyclic) bond motifs is 1. The van der Waals surface area contributed by atoms with Crippen molar-refractivity contribution in [2.24, 2.45) is 4.99 Å². The van der Waals surface area contributed by atoms with Crippen molar-refractivity contribution in [1.82, 2.24) is 4.90 Å². The topological polar surface area (TPSA) is 81.0 Å². The number of piperazine rings is 1. The molecule has 1 saturated heterocycles. The average molecular weight is 534 g/mol. The maximum Gasteiger partial charge on any atom is 0.416 e. The number of ether oxygens (including phenoxy) is 1. The second-order valence-electron chi connectivity index (χ2n) is 9.53. The fourth-order valence-electron chi connectivity index (χ4n) is 4.70. The fraction of sp³-hybridized carbons (Fsp3) is 0.276. The van der Waals surface area contributed by atoms with E-state index in [1.807, 2.05) is 34.9 Å². The lowest BCUT2D eigenvalue weighted by atomic mass is 10.1. The van der Waals surface area contributed by atoms with Crippen LogP contribution in [0.2, 0.25) is 0 Å². The molecule has 0 bridgehead atoms. The highest BCUT2D eigenvalue weighted by molar-refractivity contribution is 5.98. The first-order chi connectivity index (χ1) is 18.7. The first-order valence-corrected chi connectivity index (χ1v) is 12.5.